The van der Waals surface area contributed by atoms with Crippen molar-refractivity contribution in [3.8, 4) is 0 Å². The van der Waals surface area contributed by atoms with E-state index in [0.29, 0.717) is 12.0 Å². The fraction of sp³-hybridized carbons (Fsp3) is 0.476. The Bertz CT molecular complexity index is 709. The standard InChI is InChI=1S/C21H30O6Si/c1-5-6-16-17(13-7-9-14(10-8-13)21(25)26)18(23)19(24)20(27-16)15(22)11-12-28(2,3)4/h5,7-12,15-20,22-24H,1,6H2,2-4H3,(H,25,26)/t15-,16?,17?,18?,19?,20?/m0/s1. The Morgan fingerprint density at radius 2 is 1.82 bits per heavy atom. The van der Waals surface area contributed by atoms with Crippen LogP contribution < -0.4 is 0 Å². The minimum Gasteiger partial charge on any atom is -0.478 e. The van der Waals surface area contributed by atoms with Gasteiger partial charge >= 0.3 is 5.97 Å². The van der Waals surface area contributed by atoms with Crippen LogP contribution in [0.15, 0.2) is 48.7 Å². The van der Waals surface area contributed by atoms with Crippen LogP contribution in [0.4, 0.5) is 0 Å². The molecule has 1 fully saturated rings. The third-order valence-electron chi connectivity index (χ3n) is 4.86. The SMILES string of the molecule is C=CCC1OC([C@@H](O)C=C[Si](C)(C)C)C(O)C(O)C1c1ccc(C(=O)O)cc1. The van der Waals surface area contributed by atoms with Crippen LogP contribution in [0, 0.1) is 0 Å². The molecule has 6 atom stereocenters. The first-order valence-electron chi connectivity index (χ1n) is 9.38. The Kier molecular flexibility index (Phi) is 7.36. The summed E-state index contributed by atoms with van der Waals surface area (Å²) in [7, 11) is -1.54. The van der Waals surface area contributed by atoms with Gasteiger partial charge in [-0.15, -0.1) is 6.58 Å². The zero-order chi connectivity index (χ0) is 21.1. The highest BCUT2D eigenvalue weighted by Crippen LogP contribution is 2.37. The number of aliphatic hydroxyl groups is 3. The molecule has 4 N–H and O–H groups in total. The van der Waals surface area contributed by atoms with Gasteiger partial charge in [0.25, 0.3) is 0 Å². The number of ether oxygens (including phenoxy) is 1. The van der Waals surface area contributed by atoms with Crippen molar-refractivity contribution < 1.29 is 30.0 Å². The van der Waals surface area contributed by atoms with Crippen LogP contribution in [0.3, 0.4) is 0 Å². The van der Waals surface area contributed by atoms with Crippen molar-refractivity contribution in [3.63, 3.8) is 0 Å². The molecule has 0 aromatic heterocycles. The van der Waals surface area contributed by atoms with E-state index in [1.165, 1.54) is 12.1 Å². The van der Waals surface area contributed by atoms with E-state index in [2.05, 4.69) is 26.2 Å². The number of carbonyl (C=O) groups is 1. The lowest BCUT2D eigenvalue weighted by Gasteiger charge is -2.44. The maximum Gasteiger partial charge on any atom is 0.335 e. The van der Waals surface area contributed by atoms with Gasteiger partial charge in [-0.1, -0.05) is 49.6 Å². The van der Waals surface area contributed by atoms with Crippen molar-refractivity contribution in [2.24, 2.45) is 0 Å². The number of aliphatic hydroxyl groups excluding tert-OH is 3. The summed E-state index contributed by atoms with van der Waals surface area (Å²) in [5.41, 5.74) is 2.77. The van der Waals surface area contributed by atoms with Crippen molar-refractivity contribution in [2.45, 2.75) is 62.5 Å². The molecular formula is C21H30O6Si. The summed E-state index contributed by atoms with van der Waals surface area (Å²) >= 11 is 0. The molecule has 28 heavy (non-hydrogen) atoms. The van der Waals surface area contributed by atoms with E-state index in [9.17, 15) is 20.1 Å². The predicted octanol–water partition coefficient (Wildman–Crippen LogP) is 2.33. The maximum atomic E-state index is 11.1. The van der Waals surface area contributed by atoms with E-state index in [-0.39, 0.29) is 5.56 Å². The fourth-order valence-corrected chi connectivity index (χ4v) is 4.17. The van der Waals surface area contributed by atoms with Gasteiger partial charge in [0.15, 0.2) is 0 Å². The highest BCUT2D eigenvalue weighted by Gasteiger charge is 2.46. The minimum absolute atomic E-state index is 0.139. The largest absolute Gasteiger partial charge is 0.478 e. The monoisotopic (exact) mass is 406 g/mol. The van der Waals surface area contributed by atoms with Gasteiger partial charge in [0.05, 0.1) is 25.8 Å². The van der Waals surface area contributed by atoms with Crippen LogP contribution in [-0.2, 0) is 4.74 Å². The van der Waals surface area contributed by atoms with E-state index < -0.39 is 50.5 Å². The summed E-state index contributed by atoms with van der Waals surface area (Å²) in [4.78, 5) is 11.1. The molecule has 154 valence electrons. The van der Waals surface area contributed by atoms with E-state index in [4.69, 9.17) is 9.84 Å². The Balaban J connectivity index is 2.28. The van der Waals surface area contributed by atoms with E-state index in [1.807, 2.05) is 5.70 Å². The molecule has 1 aliphatic rings. The second-order valence-electron chi connectivity index (χ2n) is 8.31. The predicted molar refractivity (Wildman–Crippen MR) is 110 cm³/mol. The fourth-order valence-electron chi connectivity index (χ4n) is 3.40. The summed E-state index contributed by atoms with van der Waals surface area (Å²) in [5.74, 6) is -1.60. The maximum absolute atomic E-state index is 11.1. The summed E-state index contributed by atoms with van der Waals surface area (Å²) in [6.07, 6.45) is -1.25. The van der Waals surface area contributed by atoms with Gasteiger partial charge in [0, 0.05) is 5.92 Å². The smallest absolute Gasteiger partial charge is 0.335 e. The Morgan fingerprint density at radius 3 is 2.32 bits per heavy atom. The Hall–Kier alpha value is -1.77. The molecule has 1 heterocycles. The average molecular weight is 407 g/mol. The molecule has 7 heteroatoms. The molecule has 1 aliphatic heterocycles. The lowest BCUT2D eigenvalue weighted by atomic mass is 9.79. The van der Waals surface area contributed by atoms with Crippen LogP contribution in [-0.4, -0.2) is 65.0 Å². The van der Waals surface area contributed by atoms with Crippen LogP contribution in [0.1, 0.15) is 28.3 Å². The molecule has 0 radical (unpaired) electrons. The van der Waals surface area contributed by atoms with Gasteiger partial charge in [-0.2, -0.15) is 0 Å². The third kappa shape index (κ3) is 5.39. The van der Waals surface area contributed by atoms with Crippen molar-refractivity contribution in [1.82, 2.24) is 0 Å². The number of hydrogen-bond acceptors (Lipinski definition) is 5. The molecule has 0 amide bonds. The van der Waals surface area contributed by atoms with Crippen molar-refractivity contribution in [2.75, 3.05) is 0 Å². The second-order valence-corrected chi connectivity index (χ2v) is 13.4. The van der Waals surface area contributed by atoms with Crippen LogP contribution in [0.2, 0.25) is 19.6 Å². The highest BCUT2D eigenvalue weighted by atomic mass is 28.3. The Labute approximate surface area is 166 Å². The summed E-state index contributed by atoms with van der Waals surface area (Å²) < 4.78 is 6.00. The normalized spacial score (nSPS) is 29.6. The first-order valence-corrected chi connectivity index (χ1v) is 13.0. The molecule has 0 spiro atoms. The molecule has 5 unspecified atom stereocenters. The molecule has 6 nitrogen and oxygen atoms in total. The lowest BCUT2D eigenvalue weighted by molar-refractivity contribution is -0.201. The van der Waals surface area contributed by atoms with E-state index in [0.717, 1.165) is 0 Å². The second kappa shape index (κ2) is 9.15. The average Bonchev–Trinajstić information content (AvgIpc) is 2.62. The van der Waals surface area contributed by atoms with Crippen LogP contribution >= 0.6 is 0 Å². The number of aromatic carboxylic acids is 1. The zero-order valence-electron chi connectivity index (χ0n) is 16.5. The van der Waals surface area contributed by atoms with Crippen molar-refractivity contribution in [1.29, 1.82) is 0 Å². The molecule has 0 bridgehead atoms. The minimum atomic E-state index is -1.54. The summed E-state index contributed by atoms with van der Waals surface area (Å²) in [5, 5.41) is 41.0. The molecule has 0 aliphatic carbocycles. The summed E-state index contributed by atoms with van der Waals surface area (Å²) in [6, 6.07) is 6.15. The Morgan fingerprint density at radius 1 is 1.21 bits per heavy atom. The van der Waals surface area contributed by atoms with Gasteiger partial charge in [-0.3, -0.25) is 0 Å². The lowest BCUT2D eigenvalue weighted by Crippen LogP contribution is -2.56. The van der Waals surface area contributed by atoms with Gasteiger partial charge in [-0.05, 0) is 24.1 Å². The molecule has 0 saturated carbocycles. The molecule has 1 aromatic rings. The number of rotatable bonds is 7. The van der Waals surface area contributed by atoms with Gasteiger partial charge in [0.1, 0.15) is 18.3 Å². The van der Waals surface area contributed by atoms with Crippen LogP contribution in [0.25, 0.3) is 0 Å². The first kappa shape index (κ1) is 22.5. The number of benzene rings is 1. The molecular weight excluding hydrogens is 376 g/mol. The van der Waals surface area contributed by atoms with Gasteiger partial charge in [0.2, 0.25) is 0 Å². The highest BCUT2D eigenvalue weighted by molar-refractivity contribution is 6.80. The van der Waals surface area contributed by atoms with E-state index >= 15 is 0 Å². The quantitative estimate of drug-likeness (QED) is 0.409. The molecule has 2 rings (SSSR count). The molecule has 1 aromatic carbocycles. The van der Waals surface area contributed by atoms with E-state index in [1.54, 1.807) is 24.3 Å². The summed E-state index contributed by atoms with van der Waals surface area (Å²) in [6.45, 7) is 10.1. The molecule has 1 saturated heterocycles. The topological polar surface area (TPSA) is 107 Å². The third-order valence-corrected chi connectivity index (χ3v) is 6.05. The number of carboxylic acid groups (broad SMARTS) is 1. The first-order chi connectivity index (χ1) is 13.0. The zero-order valence-corrected chi connectivity index (χ0v) is 17.5. The van der Waals surface area contributed by atoms with Gasteiger partial charge < -0.3 is 25.2 Å². The van der Waals surface area contributed by atoms with Gasteiger partial charge in [-0.25, -0.2) is 4.79 Å². The number of hydrogen-bond donors (Lipinski definition) is 4. The van der Waals surface area contributed by atoms with Crippen molar-refractivity contribution in [3.05, 3.63) is 59.8 Å². The van der Waals surface area contributed by atoms with Crippen LogP contribution in [0.5, 0.6) is 0 Å². The number of carboxylic acids is 1. The van der Waals surface area contributed by atoms with Crippen molar-refractivity contribution >= 4 is 14.0 Å².